The van der Waals surface area contributed by atoms with Gasteiger partial charge in [0.15, 0.2) is 0 Å². The number of nitrogens with zero attached hydrogens (tertiary/aromatic N) is 1. The first-order chi connectivity index (χ1) is 9.68. The second-order valence-electron chi connectivity index (χ2n) is 6.08. The van der Waals surface area contributed by atoms with Gasteiger partial charge in [0.25, 0.3) is 0 Å². The highest BCUT2D eigenvalue weighted by molar-refractivity contribution is 5.19. The van der Waals surface area contributed by atoms with Gasteiger partial charge in [-0.25, -0.2) is 0 Å². The standard InChI is InChI=1S/C17H28N2O/c1-4-19(5-2)16(15-9-7-6-8-10-15)11-18-12-17(3)13-20-14-17/h6-10,16,18H,4-5,11-14H2,1-3H3. The number of ether oxygens (including phenoxy) is 1. The van der Waals surface area contributed by atoms with E-state index in [1.54, 1.807) is 0 Å². The van der Waals surface area contributed by atoms with Gasteiger partial charge in [-0.2, -0.15) is 0 Å². The van der Waals surface area contributed by atoms with Crippen molar-refractivity contribution in [1.29, 1.82) is 0 Å². The Morgan fingerprint density at radius 1 is 1.20 bits per heavy atom. The van der Waals surface area contributed by atoms with E-state index in [0.717, 1.165) is 39.4 Å². The van der Waals surface area contributed by atoms with E-state index < -0.39 is 0 Å². The van der Waals surface area contributed by atoms with Crippen LogP contribution in [0.15, 0.2) is 30.3 Å². The van der Waals surface area contributed by atoms with Crippen molar-refractivity contribution < 1.29 is 4.74 Å². The number of hydrogen-bond acceptors (Lipinski definition) is 3. The highest BCUT2D eigenvalue weighted by atomic mass is 16.5. The average Bonchev–Trinajstić information content (AvgIpc) is 2.46. The summed E-state index contributed by atoms with van der Waals surface area (Å²) in [7, 11) is 0. The summed E-state index contributed by atoms with van der Waals surface area (Å²) in [5, 5.41) is 3.65. The predicted molar refractivity (Wildman–Crippen MR) is 83.9 cm³/mol. The number of nitrogens with one attached hydrogen (secondary N) is 1. The van der Waals surface area contributed by atoms with E-state index in [4.69, 9.17) is 4.74 Å². The topological polar surface area (TPSA) is 24.5 Å². The van der Waals surface area contributed by atoms with Crippen molar-refractivity contribution >= 4 is 0 Å². The Morgan fingerprint density at radius 3 is 2.35 bits per heavy atom. The Balaban J connectivity index is 1.95. The molecule has 1 aliphatic rings. The molecule has 3 heteroatoms. The first-order valence-electron chi connectivity index (χ1n) is 7.76. The molecule has 0 bridgehead atoms. The summed E-state index contributed by atoms with van der Waals surface area (Å²) in [6.45, 7) is 12.7. The Kier molecular flexibility index (Phi) is 5.58. The maximum absolute atomic E-state index is 5.32. The van der Waals surface area contributed by atoms with E-state index in [-0.39, 0.29) is 0 Å². The Labute approximate surface area is 123 Å². The molecular weight excluding hydrogens is 248 g/mol. The smallest absolute Gasteiger partial charge is 0.0554 e. The lowest BCUT2D eigenvalue weighted by Gasteiger charge is -2.39. The van der Waals surface area contributed by atoms with E-state index in [1.165, 1.54) is 5.56 Å². The lowest BCUT2D eigenvalue weighted by atomic mass is 9.88. The van der Waals surface area contributed by atoms with Crippen molar-refractivity contribution in [2.24, 2.45) is 5.41 Å². The zero-order valence-electron chi connectivity index (χ0n) is 13.1. The fraction of sp³-hybridized carbons (Fsp3) is 0.647. The lowest BCUT2D eigenvalue weighted by molar-refractivity contribution is -0.0993. The minimum atomic E-state index is 0.338. The molecule has 1 fully saturated rings. The van der Waals surface area contributed by atoms with E-state index in [0.29, 0.717) is 11.5 Å². The monoisotopic (exact) mass is 276 g/mol. The van der Waals surface area contributed by atoms with Gasteiger partial charge in [-0.05, 0) is 18.7 Å². The van der Waals surface area contributed by atoms with Gasteiger partial charge in [0.1, 0.15) is 0 Å². The van der Waals surface area contributed by atoms with Gasteiger partial charge in [0.05, 0.1) is 13.2 Å². The molecule has 0 radical (unpaired) electrons. The number of rotatable bonds is 8. The molecule has 2 rings (SSSR count). The number of hydrogen-bond donors (Lipinski definition) is 1. The Bertz CT molecular complexity index is 385. The molecule has 20 heavy (non-hydrogen) atoms. The molecule has 1 heterocycles. The predicted octanol–water partition coefficient (Wildman–Crippen LogP) is 2.70. The third-order valence-electron chi connectivity index (χ3n) is 4.23. The largest absolute Gasteiger partial charge is 0.380 e. The fourth-order valence-corrected chi connectivity index (χ4v) is 2.86. The molecule has 0 aliphatic carbocycles. The normalized spacial score (nSPS) is 18.8. The average molecular weight is 276 g/mol. The highest BCUT2D eigenvalue weighted by Gasteiger charge is 2.33. The molecule has 1 N–H and O–H groups in total. The van der Waals surface area contributed by atoms with Crippen molar-refractivity contribution in [1.82, 2.24) is 10.2 Å². The minimum absolute atomic E-state index is 0.338. The third kappa shape index (κ3) is 3.81. The summed E-state index contributed by atoms with van der Waals surface area (Å²) in [5.74, 6) is 0. The second-order valence-corrected chi connectivity index (χ2v) is 6.08. The van der Waals surface area contributed by atoms with Crippen molar-refractivity contribution in [2.45, 2.75) is 26.8 Å². The fourth-order valence-electron chi connectivity index (χ4n) is 2.86. The third-order valence-corrected chi connectivity index (χ3v) is 4.23. The first-order valence-corrected chi connectivity index (χ1v) is 7.76. The van der Waals surface area contributed by atoms with Gasteiger partial charge in [-0.1, -0.05) is 51.1 Å². The van der Waals surface area contributed by atoms with E-state index in [9.17, 15) is 0 Å². The van der Waals surface area contributed by atoms with E-state index >= 15 is 0 Å². The summed E-state index contributed by atoms with van der Waals surface area (Å²) < 4.78 is 5.32. The number of likely N-dealkylation sites (N-methyl/N-ethyl adjacent to an activating group) is 1. The maximum atomic E-state index is 5.32. The van der Waals surface area contributed by atoms with Gasteiger partial charge in [0.2, 0.25) is 0 Å². The van der Waals surface area contributed by atoms with Crippen LogP contribution in [0.1, 0.15) is 32.4 Å². The second kappa shape index (κ2) is 7.21. The molecule has 1 aliphatic heterocycles. The molecule has 0 spiro atoms. The van der Waals surface area contributed by atoms with Crippen LogP contribution >= 0.6 is 0 Å². The lowest BCUT2D eigenvalue weighted by Crippen LogP contribution is -2.48. The van der Waals surface area contributed by atoms with Crippen molar-refractivity contribution in [3.8, 4) is 0 Å². The molecule has 0 amide bonds. The minimum Gasteiger partial charge on any atom is -0.380 e. The molecule has 0 saturated carbocycles. The van der Waals surface area contributed by atoms with E-state index in [2.05, 4.69) is 61.3 Å². The van der Waals surface area contributed by atoms with Gasteiger partial charge >= 0.3 is 0 Å². The maximum Gasteiger partial charge on any atom is 0.0554 e. The first kappa shape index (κ1) is 15.5. The summed E-state index contributed by atoms with van der Waals surface area (Å²) >= 11 is 0. The van der Waals surface area contributed by atoms with Crippen LogP contribution in [0.4, 0.5) is 0 Å². The highest BCUT2D eigenvalue weighted by Crippen LogP contribution is 2.26. The summed E-state index contributed by atoms with van der Waals surface area (Å²) in [6, 6.07) is 11.3. The van der Waals surface area contributed by atoms with Crippen LogP contribution in [0.3, 0.4) is 0 Å². The summed E-state index contributed by atoms with van der Waals surface area (Å²) in [5.41, 5.74) is 1.74. The van der Waals surface area contributed by atoms with Crippen LogP contribution in [0.2, 0.25) is 0 Å². The molecule has 1 saturated heterocycles. The number of benzene rings is 1. The summed E-state index contributed by atoms with van der Waals surface area (Å²) in [6.07, 6.45) is 0. The van der Waals surface area contributed by atoms with Crippen LogP contribution in [0.25, 0.3) is 0 Å². The van der Waals surface area contributed by atoms with Crippen molar-refractivity contribution in [2.75, 3.05) is 39.4 Å². The van der Waals surface area contributed by atoms with Crippen LogP contribution in [0, 0.1) is 5.41 Å². The zero-order valence-corrected chi connectivity index (χ0v) is 13.1. The molecule has 1 atom stereocenters. The van der Waals surface area contributed by atoms with Gasteiger partial charge in [0, 0.05) is 24.5 Å². The molecule has 1 aromatic rings. The Hall–Kier alpha value is -0.900. The molecular formula is C17H28N2O. The van der Waals surface area contributed by atoms with Crippen LogP contribution in [-0.4, -0.2) is 44.3 Å². The van der Waals surface area contributed by atoms with Gasteiger partial charge in [-0.3, -0.25) is 4.90 Å². The summed E-state index contributed by atoms with van der Waals surface area (Å²) in [4.78, 5) is 2.52. The quantitative estimate of drug-likeness (QED) is 0.790. The molecule has 3 nitrogen and oxygen atoms in total. The van der Waals surface area contributed by atoms with Crippen LogP contribution < -0.4 is 5.32 Å². The molecule has 1 aromatic carbocycles. The van der Waals surface area contributed by atoms with E-state index in [1.807, 2.05) is 0 Å². The zero-order chi connectivity index (χ0) is 14.4. The van der Waals surface area contributed by atoms with Gasteiger partial charge in [-0.15, -0.1) is 0 Å². The SMILES string of the molecule is CCN(CC)C(CNCC1(C)COC1)c1ccccc1. The van der Waals surface area contributed by atoms with Crippen molar-refractivity contribution in [3.05, 3.63) is 35.9 Å². The molecule has 1 unspecified atom stereocenters. The molecule has 0 aromatic heterocycles. The van der Waals surface area contributed by atoms with Crippen LogP contribution in [-0.2, 0) is 4.74 Å². The van der Waals surface area contributed by atoms with Crippen molar-refractivity contribution in [3.63, 3.8) is 0 Å². The molecule has 112 valence electrons. The van der Waals surface area contributed by atoms with Crippen LogP contribution in [0.5, 0.6) is 0 Å². The Morgan fingerprint density at radius 2 is 1.85 bits per heavy atom. The van der Waals surface area contributed by atoms with Gasteiger partial charge < -0.3 is 10.1 Å².